The number of nitrogens with two attached hydrogens (primary N) is 1. The van der Waals surface area contributed by atoms with Gasteiger partial charge < -0.3 is 5.73 Å². The maximum atomic E-state index is 13.2. The van der Waals surface area contributed by atoms with Crippen molar-refractivity contribution in [3.8, 4) is 0 Å². The quantitative estimate of drug-likeness (QED) is 0.937. The third-order valence-electron chi connectivity index (χ3n) is 2.81. The lowest BCUT2D eigenvalue weighted by Crippen LogP contribution is -2.23. The Hall–Kier alpha value is -1.52. The van der Waals surface area contributed by atoms with E-state index in [9.17, 15) is 9.18 Å². The normalized spacial score (nSPS) is 12.2. The highest BCUT2D eigenvalue weighted by Crippen LogP contribution is 2.18. The number of benzene rings is 2. The fourth-order valence-electron chi connectivity index (χ4n) is 1.87. The first-order valence-corrected chi connectivity index (χ1v) is 6.64. The lowest BCUT2D eigenvalue weighted by atomic mass is 9.98. The molecule has 0 unspecified atom stereocenters. The van der Waals surface area contributed by atoms with Crippen molar-refractivity contribution < 1.29 is 9.18 Å². The average molecular weight is 322 g/mol. The van der Waals surface area contributed by atoms with Crippen LogP contribution in [0.2, 0.25) is 0 Å². The van der Waals surface area contributed by atoms with Crippen molar-refractivity contribution in [3.63, 3.8) is 0 Å². The summed E-state index contributed by atoms with van der Waals surface area (Å²) in [5, 5.41) is 0. The van der Waals surface area contributed by atoms with Gasteiger partial charge in [0.15, 0.2) is 5.78 Å². The Labute approximate surface area is 119 Å². The van der Waals surface area contributed by atoms with E-state index in [0.717, 1.165) is 5.56 Å². The topological polar surface area (TPSA) is 43.1 Å². The van der Waals surface area contributed by atoms with Crippen LogP contribution in [-0.2, 0) is 11.2 Å². The Kier molecular flexibility index (Phi) is 4.45. The second-order valence-corrected chi connectivity index (χ2v) is 5.22. The average Bonchev–Trinajstić information content (AvgIpc) is 2.37. The van der Waals surface area contributed by atoms with Crippen molar-refractivity contribution in [2.75, 3.05) is 0 Å². The molecule has 2 N–H and O–H groups in total. The van der Waals surface area contributed by atoms with Crippen LogP contribution < -0.4 is 5.73 Å². The molecule has 0 spiro atoms. The first-order chi connectivity index (χ1) is 9.06. The minimum Gasteiger partial charge on any atom is -0.318 e. The van der Waals surface area contributed by atoms with Gasteiger partial charge in [-0.1, -0.05) is 46.3 Å². The highest BCUT2D eigenvalue weighted by atomic mass is 79.9. The van der Waals surface area contributed by atoms with Gasteiger partial charge >= 0.3 is 0 Å². The van der Waals surface area contributed by atoms with Crippen LogP contribution in [0.5, 0.6) is 0 Å². The van der Waals surface area contributed by atoms with E-state index in [1.54, 1.807) is 6.07 Å². The van der Waals surface area contributed by atoms with Gasteiger partial charge in [-0.25, -0.2) is 4.39 Å². The number of hydrogen-bond donors (Lipinski definition) is 1. The molecule has 0 heterocycles. The Balaban J connectivity index is 2.13. The van der Waals surface area contributed by atoms with Crippen LogP contribution >= 0.6 is 15.9 Å². The second kappa shape index (κ2) is 6.08. The first-order valence-electron chi connectivity index (χ1n) is 5.84. The van der Waals surface area contributed by atoms with E-state index < -0.39 is 6.04 Å². The van der Waals surface area contributed by atoms with Gasteiger partial charge in [0.2, 0.25) is 0 Å². The van der Waals surface area contributed by atoms with Gasteiger partial charge in [-0.15, -0.1) is 0 Å². The maximum Gasteiger partial charge on any atom is 0.158 e. The summed E-state index contributed by atoms with van der Waals surface area (Å²) >= 11 is 3.20. The van der Waals surface area contributed by atoms with Crippen molar-refractivity contribution in [1.82, 2.24) is 0 Å². The standard InChI is InChI=1S/C15H13BrFNO/c16-12-6-10(7-13(17)9-12)8-14(19)15(18)11-4-2-1-3-5-11/h1-7,9,15H,8,18H2/t15-/m1/s1. The largest absolute Gasteiger partial charge is 0.318 e. The van der Waals surface area contributed by atoms with Gasteiger partial charge in [0, 0.05) is 10.9 Å². The molecule has 0 bridgehead atoms. The molecule has 2 aromatic carbocycles. The molecule has 0 fully saturated rings. The molecule has 4 heteroatoms. The summed E-state index contributed by atoms with van der Waals surface area (Å²) in [5.74, 6) is -0.505. The molecule has 0 aromatic heterocycles. The van der Waals surface area contributed by atoms with Gasteiger partial charge in [-0.2, -0.15) is 0 Å². The van der Waals surface area contributed by atoms with Crippen LogP contribution in [-0.4, -0.2) is 5.78 Å². The third-order valence-corrected chi connectivity index (χ3v) is 3.26. The lowest BCUT2D eigenvalue weighted by Gasteiger charge is -2.11. The summed E-state index contributed by atoms with van der Waals surface area (Å²) in [6.07, 6.45) is 0.117. The number of Topliss-reactive ketones (excluding diaryl/α,β-unsaturated/α-hetero) is 1. The molecule has 0 radical (unpaired) electrons. The minimum absolute atomic E-state index is 0.117. The van der Waals surface area contributed by atoms with Crippen LogP contribution in [0.1, 0.15) is 17.2 Å². The minimum atomic E-state index is -0.678. The maximum absolute atomic E-state index is 13.2. The number of rotatable bonds is 4. The highest BCUT2D eigenvalue weighted by Gasteiger charge is 2.16. The molecule has 0 amide bonds. The molecule has 0 saturated carbocycles. The molecule has 0 saturated heterocycles. The molecule has 2 nitrogen and oxygen atoms in total. The summed E-state index contributed by atoms with van der Waals surface area (Å²) in [5.41, 5.74) is 7.29. The third kappa shape index (κ3) is 3.72. The van der Waals surface area contributed by atoms with Gasteiger partial charge in [-0.05, 0) is 29.3 Å². The Morgan fingerprint density at radius 3 is 2.53 bits per heavy atom. The monoisotopic (exact) mass is 321 g/mol. The van der Waals surface area contributed by atoms with Gasteiger partial charge in [0.25, 0.3) is 0 Å². The zero-order valence-electron chi connectivity index (χ0n) is 10.1. The van der Waals surface area contributed by atoms with Crippen LogP contribution in [0.15, 0.2) is 53.0 Å². The fraction of sp³-hybridized carbons (Fsp3) is 0.133. The first kappa shape index (κ1) is 13.9. The Bertz CT molecular complexity index is 566. The molecule has 2 rings (SSSR count). The van der Waals surface area contributed by atoms with Crippen LogP contribution in [0, 0.1) is 5.82 Å². The number of ketones is 1. The van der Waals surface area contributed by atoms with E-state index >= 15 is 0 Å². The van der Waals surface area contributed by atoms with Crippen molar-refractivity contribution in [3.05, 3.63) is 69.9 Å². The van der Waals surface area contributed by atoms with Crippen molar-refractivity contribution >= 4 is 21.7 Å². The van der Waals surface area contributed by atoms with Gasteiger partial charge in [-0.3, -0.25) is 4.79 Å². The van der Waals surface area contributed by atoms with E-state index in [-0.39, 0.29) is 18.0 Å². The summed E-state index contributed by atoms with van der Waals surface area (Å²) in [4.78, 5) is 12.1. The number of hydrogen-bond acceptors (Lipinski definition) is 2. The Morgan fingerprint density at radius 2 is 1.89 bits per heavy atom. The van der Waals surface area contributed by atoms with Gasteiger partial charge in [0.05, 0.1) is 6.04 Å². The van der Waals surface area contributed by atoms with Gasteiger partial charge in [0.1, 0.15) is 5.82 Å². The zero-order valence-corrected chi connectivity index (χ0v) is 11.7. The van der Waals surface area contributed by atoms with E-state index in [1.807, 2.05) is 30.3 Å². The van der Waals surface area contributed by atoms with E-state index in [0.29, 0.717) is 10.0 Å². The molecule has 0 aliphatic heterocycles. The van der Waals surface area contributed by atoms with Crippen LogP contribution in [0.4, 0.5) is 4.39 Å². The summed E-state index contributed by atoms with van der Waals surface area (Å²) < 4.78 is 13.8. The molecule has 19 heavy (non-hydrogen) atoms. The summed E-state index contributed by atoms with van der Waals surface area (Å²) in [6, 6.07) is 12.9. The van der Waals surface area contributed by atoms with Crippen molar-refractivity contribution in [2.45, 2.75) is 12.5 Å². The van der Waals surface area contributed by atoms with Crippen LogP contribution in [0.25, 0.3) is 0 Å². The lowest BCUT2D eigenvalue weighted by molar-refractivity contribution is -0.119. The summed E-state index contributed by atoms with van der Waals surface area (Å²) in [7, 11) is 0. The van der Waals surface area contributed by atoms with E-state index in [2.05, 4.69) is 15.9 Å². The molecular weight excluding hydrogens is 309 g/mol. The molecular formula is C15H13BrFNO. The smallest absolute Gasteiger partial charge is 0.158 e. The predicted molar refractivity (Wildman–Crippen MR) is 76.2 cm³/mol. The van der Waals surface area contributed by atoms with E-state index in [1.165, 1.54) is 12.1 Å². The van der Waals surface area contributed by atoms with E-state index in [4.69, 9.17) is 5.73 Å². The number of halogens is 2. The summed E-state index contributed by atoms with van der Waals surface area (Å²) in [6.45, 7) is 0. The molecule has 0 aliphatic carbocycles. The number of carbonyl (C=O) groups is 1. The molecule has 98 valence electrons. The number of carbonyl (C=O) groups excluding carboxylic acids is 1. The van der Waals surface area contributed by atoms with Crippen LogP contribution in [0.3, 0.4) is 0 Å². The highest BCUT2D eigenvalue weighted by molar-refractivity contribution is 9.10. The molecule has 1 atom stereocenters. The van der Waals surface area contributed by atoms with Crippen molar-refractivity contribution in [2.24, 2.45) is 5.73 Å². The molecule has 2 aromatic rings. The SMILES string of the molecule is N[C@@H](C(=O)Cc1cc(F)cc(Br)c1)c1ccccc1. The van der Waals surface area contributed by atoms with Crippen molar-refractivity contribution in [1.29, 1.82) is 0 Å². The zero-order chi connectivity index (χ0) is 13.8. The Morgan fingerprint density at radius 1 is 1.21 bits per heavy atom. The molecule has 0 aliphatic rings. The fourth-order valence-corrected chi connectivity index (χ4v) is 2.38. The predicted octanol–water partition coefficient (Wildman–Crippen LogP) is 3.40. The second-order valence-electron chi connectivity index (χ2n) is 4.31.